The van der Waals surface area contributed by atoms with E-state index in [1.807, 2.05) is 42.1 Å². The molecule has 4 heteroatoms. The highest BCUT2D eigenvalue weighted by Gasteiger charge is 2.32. The first-order chi connectivity index (χ1) is 9.67. The van der Waals surface area contributed by atoms with E-state index < -0.39 is 5.38 Å². The molecule has 110 valence electrons. The quantitative estimate of drug-likeness (QED) is 0.828. The predicted molar refractivity (Wildman–Crippen MR) is 87.4 cm³/mol. The highest BCUT2D eigenvalue weighted by atomic mass is 35.5. The zero-order valence-electron chi connectivity index (χ0n) is 11.9. The summed E-state index contributed by atoms with van der Waals surface area (Å²) in [5, 5.41) is 2.45. The number of amides is 1. The Kier molecular flexibility index (Phi) is 5.79. The van der Waals surface area contributed by atoms with Gasteiger partial charge in [-0.1, -0.05) is 49.6 Å². The normalized spacial score (nSPS) is 19.3. The van der Waals surface area contributed by atoms with Crippen molar-refractivity contribution in [3.8, 4) is 0 Å². The van der Waals surface area contributed by atoms with Crippen LogP contribution >= 0.6 is 23.4 Å². The van der Waals surface area contributed by atoms with Gasteiger partial charge in [0.15, 0.2) is 0 Å². The Bertz CT molecular complexity index is 431. The number of benzene rings is 1. The van der Waals surface area contributed by atoms with Gasteiger partial charge in [-0.25, -0.2) is 0 Å². The third-order valence-electron chi connectivity index (χ3n) is 4.11. The van der Waals surface area contributed by atoms with Crippen LogP contribution in [0.4, 0.5) is 0 Å². The fraction of sp³-hybridized carbons (Fsp3) is 0.562. The molecule has 1 aliphatic rings. The maximum absolute atomic E-state index is 12.2. The Morgan fingerprint density at radius 2 is 1.95 bits per heavy atom. The number of hydrogen-bond acceptors (Lipinski definition) is 2. The Hall–Kier alpha value is -0.670. The van der Waals surface area contributed by atoms with Crippen molar-refractivity contribution in [2.24, 2.45) is 0 Å². The second-order valence-electron chi connectivity index (χ2n) is 5.44. The Balaban J connectivity index is 1.91. The smallest absolute Gasteiger partial charge is 0.242 e. The largest absolute Gasteiger partial charge is 0.353 e. The summed E-state index contributed by atoms with van der Waals surface area (Å²) in [6, 6.07) is 9.52. The number of alkyl halides is 1. The first-order valence-corrected chi connectivity index (χ1v) is 8.85. The molecule has 1 aromatic carbocycles. The van der Waals surface area contributed by atoms with Crippen LogP contribution < -0.4 is 5.32 Å². The average molecular weight is 312 g/mol. The van der Waals surface area contributed by atoms with Crippen molar-refractivity contribution in [3.63, 3.8) is 0 Å². The molecule has 1 aromatic rings. The molecule has 1 unspecified atom stereocenters. The minimum absolute atomic E-state index is 0.0862. The molecular weight excluding hydrogens is 290 g/mol. The zero-order chi connectivity index (χ0) is 14.4. The van der Waals surface area contributed by atoms with E-state index in [2.05, 4.69) is 11.6 Å². The summed E-state index contributed by atoms with van der Waals surface area (Å²) in [6.07, 6.45) is 8.37. The van der Waals surface area contributed by atoms with Gasteiger partial charge in [-0.15, -0.1) is 11.6 Å². The fourth-order valence-electron chi connectivity index (χ4n) is 2.76. The Morgan fingerprint density at radius 3 is 2.55 bits per heavy atom. The SMILES string of the molecule is CSC1(CNC(=O)C(Cl)c2ccccc2)CCCCC1. The molecule has 0 spiro atoms. The first-order valence-electron chi connectivity index (χ1n) is 7.19. The summed E-state index contributed by atoms with van der Waals surface area (Å²) < 4.78 is 0.210. The van der Waals surface area contributed by atoms with Crippen molar-refractivity contribution >= 4 is 29.3 Å². The first kappa shape index (κ1) is 15.7. The predicted octanol–water partition coefficient (Wildman–Crippen LogP) is 4.15. The van der Waals surface area contributed by atoms with Crippen LogP contribution in [-0.4, -0.2) is 23.5 Å². The monoisotopic (exact) mass is 311 g/mol. The number of hydrogen-bond donors (Lipinski definition) is 1. The van der Waals surface area contributed by atoms with Crippen LogP contribution in [0.3, 0.4) is 0 Å². The second kappa shape index (κ2) is 7.37. The molecule has 2 rings (SSSR count). The van der Waals surface area contributed by atoms with Gasteiger partial charge in [0.05, 0.1) is 0 Å². The molecule has 0 heterocycles. The Labute approximate surface area is 130 Å². The molecule has 0 radical (unpaired) electrons. The van der Waals surface area contributed by atoms with E-state index in [0.29, 0.717) is 0 Å². The maximum Gasteiger partial charge on any atom is 0.242 e. The van der Waals surface area contributed by atoms with E-state index in [-0.39, 0.29) is 10.7 Å². The molecule has 0 saturated heterocycles. The van der Waals surface area contributed by atoms with E-state index in [4.69, 9.17) is 11.6 Å². The number of thioether (sulfide) groups is 1. The Morgan fingerprint density at radius 1 is 1.30 bits per heavy atom. The van der Waals surface area contributed by atoms with Gasteiger partial charge in [0, 0.05) is 11.3 Å². The van der Waals surface area contributed by atoms with Crippen LogP contribution in [0.1, 0.15) is 43.0 Å². The van der Waals surface area contributed by atoms with Crippen LogP contribution in [0.5, 0.6) is 0 Å². The molecule has 0 aromatic heterocycles. The van der Waals surface area contributed by atoms with Crippen molar-refractivity contribution in [1.82, 2.24) is 5.32 Å². The lowest BCUT2D eigenvalue weighted by Crippen LogP contribution is -2.42. The minimum atomic E-state index is -0.598. The van der Waals surface area contributed by atoms with Crippen LogP contribution in [0.25, 0.3) is 0 Å². The van der Waals surface area contributed by atoms with Crippen molar-refractivity contribution < 1.29 is 4.79 Å². The summed E-state index contributed by atoms with van der Waals surface area (Å²) in [5.74, 6) is -0.0862. The third-order valence-corrected chi connectivity index (χ3v) is 5.97. The highest BCUT2D eigenvalue weighted by molar-refractivity contribution is 8.00. The van der Waals surface area contributed by atoms with E-state index in [9.17, 15) is 4.79 Å². The van der Waals surface area contributed by atoms with E-state index in [0.717, 1.165) is 12.1 Å². The summed E-state index contributed by atoms with van der Waals surface area (Å²) in [6.45, 7) is 0.725. The van der Waals surface area contributed by atoms with Crippen molar-refractivity contribution in [2.75, 3.05) is 12.8 Å². The number of halogens is 1. The van der Waals surface area contributed by atoms with E-state index >= 15 is 0 Å². The van der Waals surface area contributed by atoms with Gasteiger partial charge in [0.25, 0.3) is 0 Å². The second-order valence-corrected chi connectivity index (χ2v) is 7.15. The third kappa shape index (κ3) is 3.92. The molecule has 1 aliphatic carbocycles. The minimum Gasteiger partial charge on any atom is -0.353 e. The van der Waals surface area contributed by atoms with Gasteiger partial charge in [-0.05, 0) is 24.7 Å². The molecule has 1 atom stereocenters. The highest BCUT2D eigenvalue weighted by Crippen LogP contribution is 2.38. The van der Waals surface area contributed by atoms with Gasteiger partial charge in [0.1, 0.15) is 5.38 Å². The topological polar surface area (TPSA) is 29.1 Å². The molecule has 2 nitrogen and oxygen atoms in total. The van der Waals surface area contributed by atoms with Gasteiger partial charge in [-0.2, -0.15) is 11.8 Å². The summed E-state index contributed by atoms with van der Waals surface area (Å²) in [7, 11) is 0. The lowest BCUT2D eigenvalue weighted by Gasteiger charge is -2.36. The molecule has 1 N–H and O–H groups in total. The van der Waals surface area contributed by atoms with Crippen LogP contribution in [0, 0.1) is 0 Å². The molecule has 1 amide bonds. The van der Waals surface area contributed by atoms with Gasteiger partial charge in [-0.3, -0.25) is 4.79 Å². The average Bonchev–Trinajstić information content (AvgIpc) is 2.53. The van der Waals surface area contributed by atoms with E-state index in [1.54, 1.807) is 0 Å². The molecular formula is C16H22ClNOS. The van der Waals surface area contributed by atoms with Crippen molar-refractivity contribution in [2.45, 2.75) is 42.2 Å². The summed E-state index contributed by atoms with van der Waals surface area (Å²) in [4.78, 5) is 12.2. The standard InChI is InChI=1S/C16H22ClNOS/c1-20-16(10-6-3-7-11-16)12-18-15(19)14(17)13-8-4-2-5-9-13/h2,4-5,8-9,14H,3,6-7,10-12H2,1H3,(H,18,19). The van der Waals surface area contributed by atoms with Gasteiger partial charge in [0.2, 0.25) is 5.91 Å². The lowest BCUT2D eigenvalue weighted by atomic mass is 9.88. The van der Waals surface area contributed by atoms with Crippen LogP contribution in [0.2, 0.25) is 0 Å². The summed E-state index contributed by atoms with van der Waals surface area (Å²) >= 11 is 8.13. The molecule has 1 saturated carbocycles. The van der Waals surface area contributed by atoms with Crippen molar-refractivity contribution in [3.05, 3.63) is 35.9 Å². The van der Waals surface area contributed by atoms with Crippen LogP contribution in [-0.2, 0) is 4.79 Å². The van der Waals surface area contributed by atoms with Gasteiger partial charge < -0.3 is 5.32 Å². The van der Waals surface area contributed by atoms with Crippen molar-refractivity contribution in [1.29, 1.82) is 0 Å². The fourth-order valence-corrected chi connectivity index (χ4v) is 3.90. The summed E-state index contributed by atoms with van der Waals surface area (Å²) in [5.41, 5.74) is 0.855. The molecule has 1 fully saturated rings. The number of rotatable bonds is 5. The van der Waals surface area contributed by atoms with Crippen LogP contribution in [0.15, 0.2) is 30.3 Å². The molecule has 0 aliphatic heterocycles. The molecule has 20 heavy (non-hydrogen) atoms. The zero-order valence-corrected chi connectivity index (χ0v) is 13.5. The number of carbonyl (C=O) groups excluding carboxylic acids is 1. The maximum atomic E-state index is 12.2. The number of nitrogens with one attached hydrogen (secondary N) is 1. The number of carbonyl (C=O) groups is 1. The lowest BCUT2D eigenvalue weighted by molar-refractivity contribution is -0.121. The van der Waals surface area contributed by atoms with E-state index in [1.165, 1.54) is 32.1 Å². The van der Waals surface area contributed by atoms with Gasteiger partial charge >= 0.3 is 0 Å². The molecule has 0 bridgehead atoms.